The van der Waals surface area contributed by atoms with E-state index in [0.717, 1.165) is 24.2 Å². The molecule has 1 aliphatic carbocycles. The van der Waals surface area contributed by atoms with Gasteiger partial charge in [0.2, 0.25) is 5.91 Å². The average molecular weight is 387 g/mol. The molecule has 1 saturated heterocycles. The van der Waals surface area contributed by atoms with E-state index in [1.165, 1.54) is 0 Å². The Balaban J connectivity index is 1.62. The summed E-state index contributed by atoms with van der Waals surface area (Å²) in [4.78, 5) is 50.2. The second-order valence-electron chi connectivity index (χ2n) is 7.29. The molecule has 28 heavy (non-hydrogen) atoms. The van der Waals surface area contributed by atoms with Gasteiger partial charge >= 0.3 is 12.0 Å². The van der Waals surface area contributed by atoms with Gasteiger partial charge in [-0.1, -0.05) is 19.8 Å². The summed E-state index contributed by atoms with van der Waals surface area (Å²) in [5.41, 5.74) is -0.0373. The number of anilines is 1. The van der Waals surface area contributed by atoms with Crippen LogP contribution in [0.15, 0.2) is 24.3 Å². The second-order valence-corrected chi connectivity index (χ2v) is 7.29. The van der Waals surface area contributed by atoms with Gasteiger partial charge in [-0.3, -0.25) is 14.5 Å². The van der Waals surface area contributed by atoms with Gasteiger partial charge in [0, 0.05) is 5.69 Å². The van der Waals surface area contributed by atoms with E-state index in [-0.39, 0.29) is 25.0 Å². The topological polar surface area (TPSA) is 105 Å². The smallest absolute Gasteiger partial charge is 0.338 e. The molecule has 2 fully saturated rings. The molecule has 2 atom stereocenters. The van der Waals surface area contributed by atoms with E-state index in [9.17, 15) is 19.2 Å². The molecule has 1 aromatic rings. The quantitative estimate of drug-likeness (QED) is 0.596. The zero-order valence-electron chi connectivity index (χ0n) is 16.1. The number of hydrogen-bond acceptors (Lipinski definition) is 5. The average Bonchev–Trinajstić information content (AvgIpc) is 2.90. The molecule has 150 valence electrons. The molecule has 1 heterocycles. The van der Waals surface area contributed by atoms with E-state index in [0.29, 0.717) is 17.7 Å². The van der Waals surface area contributed by atoms with E-state index in [2.05, 4.69) is 10.6 Å². The van der Waals surface area contributed by atoms with Crippen LogP contribution in [0, 0.1) is 5.92 Å². The van der Waals surface area contributed by atoms with E-state index in [4.69, 9.17) is 4.74 Å². The molecular weight excluding hydrogens is 362 g/mol. The van der Waals surface area contributed by atoms with Crippen molar-refractivity contribution < 1.29 is 23.9 Å². The molecule has 1 aliphatic heterocycles. The molecule has 1 spiro atoms. The molecule has 0 radical (unpaired) electrons. The first-order chi connectivity index (χ1) is 13.4. The molecule has 2 N–H and O–H groups in total. The number of hydrogen-bond donors (Lipinski definition) is 2. The van der Waals surface area contributed by atoms with Crippen molar-refractivity contribution in [3.05, 3.63) is 29.8 Å². The third kappa shape index (κ3) is 3.72. The Hall–Kier alpha value is -2.90. The number of imide groups is 1. The Kier molecular flexibility index (Phi) is 5.67. The van der Waals surface area contributed by atoms with E-state index in [1.54, 1.807) is 31.2 Å². The van der Waals surface area contributed by atoms with Crippen molar-refractivity contribution in [1.29, 1.82) is 0 Å². The number of nitrogens with zero attached hydrogens (tertiary/aromatic N) is 1. The summed E-state index contributed by atoms with van der Waals surface area (Å²) < 4.78 is 4.91. The van der Waals surface area contributed by atoms with Gasteiger partial charge in [-0.05, 0) is 49.9 Å². The van der Waals surface area contributed by atoms with Crippen LogP contribution in [0.2, 0.25) is 0 Å². The fraction of sp³-hybridized carbons (Fsp3) is 0.500. The third-order valence-electron chi connectivity index (χ3n) is 5.48. The summed E-state index contributed by atoms with van der Waals surface area (Å²) in [6.45, 7) is 3.62. The lowest BCUT2D eigenvalue weighted by Gasteiger charge is -2.36. The summed E-state index contributed by atoms with van der Waals surface area (Å²) in [5, 5.41) is 5.47. The van der Waals surface area contributed by atoms with Crippen LogP contribution in [0.4, 0.5) is 10.5 Å². The maximum absolute atomic E-state index is 12.9. The first kappa shape index (κ1) is 19.9. The fourth-order valence-corrected chi connectivity index (χ4v) is 3.89. The van der Waals surface area contributed by atoms with Crippen LogP contribution in [-0.2, 0) is 14.3 Å². The number of urea groups is 1. The number of amides is 4. The maximum Gasteiger partial charge on any atom is 0.338 e. The van der Waals surface area contributed by atoms with Crippen molar-refractivity contribution in [2.75, 3.05) is 18.5 Å². The number of esters is 1. The van der Waals surface area contributed by atoms with Gasteiger partial charge in [0.05, 0.1) is 12.2 Å². The van der Waals surface area contributed by atoms with Crippen LogP contribution in [0.5, 0.6) is 0 Å². The van der Waals surface area contributed by atoms with Crippen molar-refractivity contribution in [2.24, 2.45) is 5.92 Å². The largest absolute Gasteiger partial charge is 0.462 e. The summed E-state index contributed by atoms with van der Waals surface area (Å²) in [5.74, 6) is -1.20. The molecule has 1 aromatic carbocycles. The SMILES string of the molecule is CCOC(=O)c1ccc(NC(=O)CN2C(=O)N[C@@]3(CCCC[C@H]3C)C2=O)cc1. The maximum atomic E-state index is 12.9. The molecule has 0 bridgehead atoms. The number of carbonyl (C=O) groups excluding carboxylic acids is 4. The number of nitrogens with one attached hydrogen (secondary N) is 2. The molecule has 0 unspecified atom stereocenters. The fourth-order valence-electron chi connectivity index (χ4n) is 3.89. The van der Waals surface area contributed by atoms with Gasteiger partial charge in [0.25, 0.3) is 5.91 Å². The Morgan fingerprint density at radius 2 is 1.96 bits per heavy atom. The minimum atomic E-state index is -0.878. The van der Waals surface area contributed by atoms with Gasteiger partial charge in [0.1, 0.15) is 12.1 Å². The summed E-state index contributed by atoms with van der Waals surface area (Å²) in [6.07, 6.45) is 3.39. The molecule has 8 heteroatoms. The highest BCUT2D eigenvalue weighted by molar-refractivity contribution is 6.10. The highest BCUT2D eigenvalue weighted by Gasteiger charge is 2.55. The number of rotatable bonds is 5. The Morgan fingerprint density at radius 3 is 2.61 bits per heavy atom. The van der Waals surface area contributed by atoms with Crippen molar-refractivity contribution in [1.82, 2.24) is 10.2 Å². The van der Waals surface area contributed by atoms with Gasteiger partial charge in [-0.15, -0.1) is 0 Å². The van der Waals surface area contributed by atoms with Crippen LogP contribution in [-0.4, -0.2) is 47.4 Å². The summed E-state index contributed by atoms with van der Waals surface area (Å²) >= 11 is 0. The second kappa shape index (κ2) is 8.00. The van der Waals surface area contributed by atoms with Gasteiger partial charge in [-0.2, -0.15) is 0 Å². The Labute approximate surface area is 163 Å². The van der Waals surface area contributed by atoms with Crippen LogP contribution in [0.3, 0.4) is 0 Å². The first-order valence-electron chi connectivity index (χ1n) is 9.58. The molecule has 4 amide bonds. The zero-order valence-corrected chi connectivity index (χ0v) is 16.1. The minimum Gasteiger partial charge on any atom is -0.462 e. The highest BCUT2D eigenvalue weighted by atomic mass is 16.5. The molecule has 2 aliphatic rings. The lowest BCUT2D eigenvalue weighted by Crippen LogP contribution is -2.54. The lowest BCUT2D eigenvalue weighted by atomic mass is 9.73. The van der Waals surface area contributed by atoms with Crippen LogP contribution in [0.1, 0.15) is 49.9 Å². The minimum absolute atomic E-state index is 0.0428. The van der Waals surface area contributed by atoms with E-state index >= 15 is 0 Å². The Morgan fingerprint density at radius 1 is 1.25 bits per heavy atom. The lowest BCUT2D eigenvalue weighted by molar-refractivity contribution is -0.136. The van der Waals surface area contributed by atoms with Crippen molar-refractivity contribution >= 4 is 29.5 Å². The van der Waals surface area contributed by atoms with Crippen molar-refractivity contribution in [3.63, 3.8) is 0 Å². The van der Waals surface area contributed by atoms with Gasteiger partial charge in [-0.25, -0.2) is 9.59 Å². The molecule has 3 rings (SSSR count). The predicted molar refractivity (Wildman–Crippen MR) is 102 cm³/mol. The standard InChI is InChI=1S/C20H25N3O5/c1-3-28-17(25)14-7-9-15(10-8-14)21-16(24)12-23-18(26)20(22-19(23)27)11-5-4-6-13(20)2/h7-10,13H,3-6,11-12H2,1-2H3,(H,21,24)(H,22,27)/t13-,20-/m1/s1. The zero-order chi connectivity index (χ0) is 20.3. The molecule has 8 nitrogen and oxygen atoms in total. The van der Waals surface area contributed by atoms with E-state index < -0.39 is 23.4 Å². The van der Waals surface area contributed by atoms with E-state index in [1.807, 2.05) is 6.92 Å². The Bertz CT molecular complexity index is 792. The molecular formula is C20H25N3O5. The summed E-state index contributed by atoms with van der Waals surface area (Å²) in [7, 11) is 0. The van der Waals surface area contributed by atoms with Gasteiger partial charge < -0.3 is 15.4 Å². The molecule has 1 saturated carbocycles. The normalized spacial score (nSPS) is 24.2. The van der Waals surface area contributed by atoms with Crippen LogP contribution in [0.25, 0.3) is 0 Å². The number of benzene rings is 1. The monoisotopic (exact) mass is 387 g/mol. The number of ether oxygens (including phenoxy) is 1. The third-order valence-corrected chi connectivity index (χ3v) is 5.48. The van der Waals surface area contributed by atoms with Crippen LogP contribution >= 0.6 is 0 Å². The first-order valence-corrected chi connectivity index (χ1v) is 9.58. The predicted octanol–water partition coefficient (Wildman–Crippen LogP) is 2.30. The van der Waals surface area contributed by atoms with Crippen molar-refractivity contribution in [2.45, 2.75) is 45.1 Å². The molecule has 0 aromatic heterocycles. The van der Waals surface area contributed by atoms with Gasteiger partial charge in [0.15, 0.2) is 0 Å². The highest BCUT2D eigenvalue weighted by Crippen LogP contribution is 2.38. The van der Waals surface area contributed by atoms with Crippen LogP contribution < -0.4 is 10.6 Å². The summed E-state index contributed by atoms with van der Waals surface area (Å²) in [6, 6.07) is 5.70. The number of carbonyl (C=O) groups is 4. The van der Waals surface area contributed by atoms with Crippen molar-refractivity contribution in [3.8, 4) is 0 Å².